The predicted octanol–water partition coefficient (Wildman–Crippen LogP) is 5.08. The van der Waals surface area contributed by atoms with E-state index in [1.807, 2.05) is 0 Å². The molecule has 0 aromatic heterocycles. The highest BCUT2D eigenvalue weighted by atomic mass is 32.2. The van der Waals surface area contributed by atoms with Crippen LogP contribution < -0.4 is 0 Å². The van der Waals surface area contributed by atoms with Crippen molar-refractivity contribution in [1.82, 2.24) is 0 Å². The highest BCUT2D eigenvalue weighted by molar-refractivity contribution is 7.99. The molecule has 0 aromatic carbocycles. The molecule has 0 aromatic rings. The van der Waals surface area contributed by atoms with Crippen LogP contribution in [0.5, 0.6) is 0 Å². The molecule has 0 bridgehead atoms. The number of thioether (sulfide) groups is 1. The highest BCUT2D eigenvalue weighted by Crippen LogP contribution is 2.11. The van der Waals surface area contributed by atoms with Crippen molar-refractivity contribution in [1.29, 1.82) is 0 Å². The summed E-state index contributed by atoms with van der Waals surface area (Å²) in [6.07, 6.45) is 12.3. The van der Waals surface area contributed by atoms with Crippen molar-refractivity contribution in [3.05, 3.63) is 6.92 Å². The second-order valence-electron chi connectivity index (χ2n) is 3.94. The molecule has 0 heterocycles. The monoisotopic (exact) mass is 215 g/mol. The summed E-state index contributed by atoms with van der Waals surface area (Å²) in [5.41, 5.74) is 0. The summed E-state index contributed by atoms with van der Waals surface area (Å²) in [6.45, 7) is 6.13. The van der Waals surface area contributed by atoms with Gasteiger partial charge >= 0.3 is 0 Å². The smallest absolute Gasteiger partial charge is 0.00675 e. The first-order valence-corrected chi connectivity index (χ1v) is 7.44. The van der Waals surface area contributed by atoms with E-state index in [-0.39, 0.29) is 0 Å². The molecule has 1 heteroatoms. The SMILES string of the molecule is [CH2]CCCCCCSCCCCCC. The number of rotatable bonds is 11. The van der Waals surface area contributed by atoms with Gasteiger partial charge in [0, 0.05) is 0 Å². The summed E-state index contributed by atoms with van der Waals surface area (Å²) in [6, 6.07) is 0. The van der Waals surface area contributed by atoms with Crippen LogP contribution in [0, 0.1) is 6.92 Å². The van der Waals surface area contributed by atoms with Crippen molar-refractivity contribution in [2.45, 2.75) is 64.7 Å². The van der Waals surface area contributed by atoms with E-state index in [0.717, 1.165) is 6.42 Å². The molecule has 0 aliphatic carbocycles. The van der Waals surface area contributed by atoms with E-state index in [1.54, 1.807) is 0 Å². The fourth-order valence-corrected chi connectivity index (χ4v) is 2.49. The van der Waals surface area contributed by atoms with Crippen molar-refractivity contribution < 1.29 is 0 Å². The molecule has 1 radical (unpaired) electrons. The van der Waals surface area contributed by atoms with Crippen LogP contribution in [0.2, 0.25) is 0 Å². The van der Waals surface area contributed by atoms with Crippen molar-refractivity contribution >= 4 is 11.8 Å². The fraction of sp³-hybridized carbons (Fsp3) is 0.923. The van der Waals surface area contributed by atoms with Gasteiger partial charge in [-0.05, 0) is 24.3 Å². The Morgan fingerprint density at radius 3 is 1.93 bits per heavy atom. The van der Waals surface area contributed by atoms with Crippen molar-refractivity contribution in [3.63, 3.8) is 0 Å². The van der Waals surface area contributed by atoms with Crippen LogP contribution in [0.25, 0.3) is 0 Å². The lowest BCUT2D eigenvalue weighted by molar-refractivity contribution is 0.676. The maximum Gasteiger partial charge on any atom is -0.00675 e. The second-order valence-corrected chi connectivity index (χ2v) is 5.17. The number of hydrogen-bond acceptors (Lipinski definition) is 1. The summed E-state index contributed by atoms with van der Waals surface area (Å²) in [5.74, 6) is 2.76. The molecule has 0 nitrogen and oxygen atoms in total. The highest BCUT2D eigenvalue weighted by Gasteiger charge is 1.91. The lowest BCUT2D eigenvalue weighted by Gasteiger charge is -2.01. The minimum absolute atomic E-state index is 1.12. The van der Waals surface area contributed by atoms with Crippen molar-refractivity contribution in [2.24, 2.45) is 0 Å². The summed E-state index contributed by atoms with van der Waals surface area (Å²) in [5, 5.41) is 0. The molecule has 0 N–H and O–H groups in total. The van der Waals surface area contributed by atoms with Gasteiger partial charge in [-0.2, -0.15) is 11.8 Å². The standard InChI is InChI=1S/C13H27S/c1-3-5-7-9-11-13-14-12-10-8-6-4-2/h1,3-13H2,2H3. The molecular formula is C13H27S. The number of unbranched alkanes of at least 4 members (excludes halogenated alkanes) is 7. The van der Waals surface area contributed by atoms with Gasteiger partial charge in [0.15, 0.2) is 0 Å². The Kier molecular flexibility index (Phi) is 13.7. The van der Waals surface area contributed by atoms with Crippen molar-refractivity contribution in [3.8, 4) is 0 Å². The molecule has 0 rings (SSSR count). The maximum atomic E-state index is 3.86. The Morgan fingerprint density at radius 2 is 1.36 bits per heavy atom. The summed E-state index contributed by atoms with van der Waals surface area (Å²) < 4.78 is 0. The first kappa shape index (κ1) is 14.3. The molecule has 0 fully saturated rings. The molecular weight excluding hydrogens is 188 g/mol. The fourth-order valence-electron chi connectivity index (χ4n) is 1.47. The van der Waals surface area contributed by atoms with Crippen LogP contribution in [-0.4, -0.2) is 11.5 Å². The summed E-state index contributed by atoms with van der Waals surface area (Å²) in [4.78, 5) is 0. The average molecular weight is 215 g/mol. The first-order chi connectivity index (χ1) is 6.91. The minimum Gasteiger partial charge on any atom is -0.162 e. The van der Waals surface area contributed by atoms with E-state index in [2.05, 4.69) is 25.6 Å². The normalized spacial score (nSPS) is 10.7. The van der Waals surface area contributed by atoms with Gasteiger partial charge in [-0.3, -0.25) is 0 Å². The lowest BCUT2D eigenvalue weighted by Crippen LogP contribution is -1.85. The maximum absolute atomic E-state index is 3.86. The Morgan fingerprint density at radius 1 is 0.786 bits per heavy atom. The van der Waals surface area contributed by atoms with E-state index in [1.165, 1.54) is 62.9 Å². The van der Waals surface area contributed by atoms with Gasteiger partial charge in [0.2, 0.25) is 0 Å². The molecule has 0 atom stereocenters. The van der Waals surface area contributed by atoms with Gasteiger partial charge in [-0.15, -0.1) is 0 Å². The van der Waals surface area contributed by atoms with Gasteiger partial charge in [0.1, 0.15) is 0 Å². The van der Waals surface area contributed by atoms with Crippen LogP contribution in [0.4, 0.5) is 0 Å². The van der Waals surface area contributed by atoms with Gasteiger partial charge < -0.3 is 0 Å². The van der Waals surface area contributed by atoms with Crippen LogP contribution in [0.1, 0.15) is 64.7 Å². The van der Waals surface area contributed by atoms with Crippen LogP contribution in [0.15, 0.2) is 0 Å². The Hall–Kier alpha value is 0.350. The molecule has 0 saturated carbocycles. The third-order valence-corrected chi connectivity index (χ3v) is 3.59. The molecule has 0 unspecified atom stereocenters. The van der Waals surface area contributed by atoms with Gasteiger partial charge in [-0.25, -0.2) is 0 Å². The topological polar surface area (TPSA) is 0 Å². The van der Waals surface area contributed by atoms with E-state index in [9.17, 15) is 0 Å². The van der Waals surface area contributed by atoms with E-state index >= 15 is 0 Å². The lowest BCUT2D eigenvalue weighted by atomic mass is 10.2. The second kappa shape index (κ2) is 13.4. The zero-order chi connectivity index (χ0) is 10.5. The molecule has 0 saturated heterocycles. The van der Waals surface area contributed by atoms with Gasteiger partial charge in [-0.1, -0.05) is 58.8 Å². The number of hydrogen-bond donors (Lipinski definition) is 0. The van der Waals surface area contributed by atoms with E-state index in [0.29, 0.717) is 0 Å². The molecule has 0 spiro atoms. The van der Waals surface area contributed by atoms with Crippen molar-refractivity contribution in [2.75, 3.05) is 11.5 Å². The molecule has 0 amide bonds. The minimum atomic E-state index is 1.12. The summed E-state index contributed by atoms with van der Waals surface area (Å²) >= 11 is 2.15. The Labute approximate surface area is 95.2 Å². The van der Waals surface area contributed by atoms with Crippen LogP contribution in [-0.2, 0) is 0 Å². The molecule has 14 heavy (non-hydrogen) atoms. The predicted molar refractivity (Wildman–Crippen MR) is 69.9 cm³/mol. The van der Waals surface area contributed by atoms with E-state index < -0.39 is 0 Å². The first-order valence-electron chi connectivity index (χ1n) is 6.28. The zero-order valence-electron chi connectivity index (χ0n) is 9.89. The third kappa shape index (κ3) is 12.3. The Balaban J connectivity index is 2.78. The molecule has 0 aliphatic heterocycles. The average Bonchev–Trinajstić information content (AvgIpc) is 2.21. The van der Waals surface area contributed by atoms with E-state index in [4.69, 9.17) is 0 Å². The Bertz CT molecular complexity index is 79.2. The molecule has 0 aliphatic rings. The zero-order valence-corrected chi connectivity index (χ0v) is 10.7. The third-order valence-electron chi connectivity index (χ3n) is 2.43. The molecule has 85 valence electrons. The van der Waals surface area contributed by atoms with Crippen LogP contribution in [0.3, 0.4) is 0 Å². The summed E-state index contributed by atoms with van der Waals surface area (Å²) in [7, 11) is 0. The van der Waals surface area contributed by atoms with Gasteiger partial charge in [0.25, 0.3) is 0 Å². The van der Waals surface area contributed by atoms with Crippen LogP contribution >= 0.6 is 11.8 Å². The van der Waals surface area contributed by atoms with Gasteiger partial charge in [0.05, 0.1) is 0 Å². The quantitative estimate of drug-likeness (QED) is 0.433. The largest absolute Gasteiger partial charge is 0.162 e.